The van der Waals surface area contributed by atoms with Crippen molar-refractivity contribution in [2.24, 2.45) is 11.3 Å². The van der Waals surface area contributed by atoms with Crippen molar-refractivity contribution in [3.05, 3.63) is 27.5 Å². The van der Waals surface area contributed by atoms with Crippen molar-refractivity contribution in [2.45, 2.75) is 84.2 Å². The molecule has 1 saturated carbocycles. The third kappa shape index (κ3) is 5.10. The number of hydrogen-bond donors (Lipinski definition) is 1. The molecule has 1 amide bonds. The minimum absolute atomic E-state index is 0.0333. The second kappa shape index (κ2) is 8.68. The number of epoxide rings is 1. The lowest BCUT2D eigenvalue weighted by Crippen LogP contribution is -2.47. The van der Waals surface area contributed by atoms with Crippen LogP contribution in [0, 0.1) is 23.2 Å². The molecule has 1 atom stereocenters. The van der Waals surface area contributed by atoms with Gasteiger partial charge in [-0.25, -0.2) is 4.79 Å². The van der Waals surface area contributed by atoms with Gasteiger partial charge in [0.2, 0.25) is 5.91 Å². The van der Waals surface area contributed by atoms with Gasteiger partial charge < -0.3 is 14.7 Å². The van der Waals surface area contributed by atoms with Crippen LogP contribution in [-0.4, -0.2) is 35.2 Å². The zero-order valence-electron chi connectivity index (χ0n) is 22.0. The van der Waals surface area contributed by atoms with Crippen LogP contribution in [0.25, 0.3) is 0 Å². The monoisotopic (exact) mass is 458 g/mol. The minimum Gasteiger partial charge on any atom is -0.477 e. The van der Waals surface area contributed by atoms with E-state index < -0.39 is 18.2 Å². The van der Waals surface area contributed by atoms with Gasteiger partial charge in [-0.2, -0.15) is 0 Å². The SMILES string of the molecule is [2H]C([2H])([2H])C(C)(C)C#Cc1cc(N(C(=O)[C@H]2CC=C(C)CC2)C2CCC3(CC2)CO3)c(C(=O)O)s1. The van der Waals surface area contributed by atoms with Crippen LogP contribution in [0.3, 0.4) is 0 Å². The van der Waals surface area contributed by atoms with E-state index in [1.54, 1.807) is 24.8 Å². The molecular formula is C26H33NO4S. The van der Waals surface area contributed by atoms with Crippen molar-refractivity contribution in [2.75, 3.05) is 11.5 Å². The van der Waals surface area contributed by atoms with Crippen molar-refractivity contribution in [1.82, 2.24) is 0 Å². The van der Waals surface area contributed by atoms with Gasteiger partial charge in [-0.15, -0.1) is 11.3 Å². The molecule has 0 bridgehead atoms. The van der Waals surface area contributed by atoms with Gasteiger partial charge in [-0.05, 0) is 78.6 Å². The van der Waals surface area contributed by atoms with E-state index in [1.807, 2.05) is 0 Å². The minimum atomic E-state index is -2.27. The fourth-order valence-corrected chi connectivity index (χ4v) is 5.49. The first-order valence-corrected chi connectivity index (χ1v) is 12.2. The normalized spacial score (nSPS) is 29.1. The number of rotatable bonds is 4. The molecule has 1 aromatic heterocycles. The lowest BCUT2D eigenvalue weighted by molar-refractivity contribution is -0.123. The standard InChI is InChI=1S/C26H33NO4S/c1-17-5-7-18(8-6-17)23(28)27(19-9-13-26(14-10-19)16-31-26)21-15-20(11-12-25(2,3)4)32-22(21)24(29)30/h5,15,18-19H,6-10,13-14,16H2,1-4H3,(H,29,30)/t18-,19?,26?/m0/s1/i2D3. The fraction of sp³-hybridized carbons (Fsp3) is 0.615. The predicted octanol–water partition coefficient (Wildman–Crippen LogP) is 5.63. The Morgan fingerprint density at radius 2 is 2.06 bits per heavy atom. The van der Waals surface area contributed by atoms with Crippen LogP contribution in [-0.2, 0) is 9.53 Å². The van der Waals surface area contributed by atoms with Gasteiger partial charge in [-0.3, -0.25) is 4.79 Å². The molecule has 0 radical (unpaired) electrons. The van der Waals surface area contributed by atoms with Gasteiger partial charge in [-0.1, -0.05) is 23.5 Å². The van der Waals surface area contributed by atoms with E-state index in [4.69, 9.17) is 8.85 Å². The van der Waals surface area contributed by atoms with Crippen LogP contribution in [0.5, 0.6) is 0 Å². The third-order valence-corrected chi connectivity index (χ3v) is 7.70. The van der Waals surface area contributed by atoms with Crippen LogP contribution in [0.2, 0.25) is 0 Å². The summed E-state index contributed by atoms with van der Waals surface area (Å²) in [6, 6.07) is 1.56. The average Bonchev–Trinajstić information content (AvgIpc) is 3.40. The number of anilines is 1. The molecule has 1 aliphatic heterocycles. The Hall–Kier alpha value is -2.10. The summed E-state index contributed by atoms with van der Waals surface area (Å²) in [5.74, 6) is 4.37. The van der Waals surface area contributed by atoms with Gasteiger partial charge in [0.15, 0.2) is 0 Å². The summed E-state index contributed by atoms with van der Waals surface area (Å²) in [7, 11) is 0. The maximum atomic E-state index is 13.9. The summed E-state index contributed by atoms with van der Waals surface area (Å²) in [4.78, 5) is 28.4. The number of nitrogens with zero attached hydrogens (tertiary/aromatic N) is 1. The fourth-order valence-electron chi connectivity index (χ4n) is 4.65. The molecule has 5 nitrogen and oxygen atoms in total. The van der Waals surface area contributed by atoms with E-state index in [9.17, 15) is 14.7 Å². The molecule has 2 heterocycles. The van der Waals surface area contributed by atoms with E-state index in [2.05, 4.69) is 24.8 Å². The molecule has 1 spiro atoms. The van der Waals surface area contributed by atoms with Crippen molar-refractivity contribution >= 4 is 28.9 Å². The highest BCUT2D eigenvalue weighted by Gasteiger charge is 2.49. The Balaban J connectivity index is 1.70. The second-order valence-corrected chi connectivity index (χ2v) is 11.0. The average molecular weight is 459 g/mol. The molecule has 4 rings (SSSR count). The summed E-state index contributed by atoms with van der Waals surface area (Å²) in [6.45, 7) is 3.66. The Kier molecular flexibility index (Phi) is 5.26. The van der Waals surface area contributed by atoms with E-state index >= 15 is 0 Å². The summed E-state index contributed by atoms with van der Waals surface area (Å²) in [6.07, 6.45) is 7.62. The number of aromatic carboxylic acids is 1. The highest BCUT2D eigenvalue weighted by Crippen LogP contribution is 2.45. The van der Waals surface area contributed by atoms with Gasteiger partial charge >= 0.3 is 5.97 Å². The third-order valence-electron chi connectivity index (χ3n) is 6.67. The highest BCUT2D eigenvalue weighted by molar-refractivity contribution is 7.15. The highest BCUT2D eigenvalue weighted by atomic mass is 32.1. The zero-order chi connectivity index (χ0) is 25.6. The molecule has 0 aromatic carbocycles. The van der Waals surface area contributed by atoms with Gasteiger partial charge in [0.05, 0.1) is 22.8 Å². The number of amides is 1. The maximum Gasteiger partial charge on any atom is 0.348 e. The van der Waals surface area contributed by atoms with Crippen LogP contribution < -0.4 is 4.90 Å². The lowest BCUT2D eigenvalue weighted by Gasteiger charge is -2.38. The Labute approximate surface area is 199 Å². The number of carboxylic acids is 1. The van der Waals surface area contributed by atoms with Crippen LogP contribution in [0.15, 0.2) is 17.7 Å². The van der Waals surface area contributed by atoms with Gasteiger partial charge in [0.1, 0.15) is 4.88 Å². The molecule has 172 valence electrons. The molecule has 1 N–H and O–H groups in total. The smallest absolute Gasteiger partial charge is 0.348 e. The van der Waals surface area contributed by atoms with Crippen LogP contribution >= 0.6 is 11.3 Å². The quantitative estimate of drug-likeness (QED) is 0.360. The van der Waals surface area contributed by atoms with Gasteiger partial charge in [0.25, 0.3) is 0 Å². The van der Waals surface area contributed by atoms with Crippen molar-refractivity contribution in [3.8, 4) is 11.8 Å². The Morgan fingerprint density at radius 1 is 1.34 bits per heavy atom. The zero-order valence-corrected chi connectivity index (χ0v) is 19.8. The molecule has 32 heavy (non-hydrogen) atoms. The number of carbonyl (C=O) groups excluding carboxylic acids is 1. The number of ether oxygens (including phenoxy) is 1. The van der Waals surface area contributed by atoms with Crippen molar-refractivity contribution in [3.63, 3.8) is 0 Å². The van der Waals surface area contributed by atoms with E-state index in [1.165, 1.54) is 5.57 Å². The Morgan fingerprint density at radius 3 is 2.62 bits per heavy atom. The summed E-state index contributed by atoms with van der Waals surface area (Å²) < 4.78 is 28.8. The maximum absolute atomic E-state index is 13.9. The topological polar surface area (TPSA) is 70.1 Å². The first-order valence-electron chi connectivity index (χ1n) is 12.8. The van der Waals surface area contributed by atoms with Crippen molar-refractivity contribution < 1.29 is 23.5 Å². The van der Waals surface area contributed by atoms with Gasteiger partial charge in [0, 0.05) is 21.5 Å². The molecule has 3 aliphatic rings. The molecule has 2 fully saturated rings. The number of thiophene rings is 1. The molecule has 1 aromatic rings. The van der Waals surface area contributed by atoms with E-state index in [0.717, 1.165) is 56.5 Å². The number of allylic oxidation sites excluding steroid dienone is 2. The summed E-state index contributed by atoms with van der Waals surface area (Å²) in [5, 5.41) is 10.0. The summed E-state index contributed by atoms with van der Waals surface area (Å²) >= 11 is 1.00. The lowest BCUT2D eigenvalue weighted by atomic mass is 9.83. The van der Waals surface area contributed by atoms with Crippen molar-refractivity contribution in [1.29, 1.82) is 0 Å². The van der Waals surface area contributed by atoms with E-state index in [0.29, 0.717) is 17.0 Å². The number of carbonyl (C=O) groups is 2. The Bertz CT molecular complexity index is 1090. The molecule has 1 saturated heterocycles. The number of hydrogen-bond acceptors (Lipinski definition) is 4. The molecule has 2 aliphatic carbocycles. The molecule has 0 unspecified atom stereocenters. The van der Waals surface area contributed by atoms with Crippen LogP contribution in [0.1, 0.15) is 91.2 Å². The molecular weight excluding hydrogens is 422 g/mol. The predicted molar refractivity (Wildman–Crippen MR) is 127 cm³/mol. The summed E-state index contributed by atoms with van der Waals surface area (Å²) in [5.41, 5.74) is 0.372. The largest absolute Gasteiger partial charge is 0.477 e. The van der Waals surface area contributed by atoms with E-state index in [-0.39, 0.29) is 28.3 Å². The first kappa shape index (κ1) is 19.4. The van der Waals surface area contributed by atoms with Crippen LogP contribution in [0.4, 0.5) is 5.69 Å². The second-order valence-electron chi connectivity index (χ2n) is 9.94. The number of carboxylic acid groups (broad SMARTS) is 1. The molecule has 6 heteroatoms. The first-order chi connectivity index (χ1) is 16.3.